The molecule has 0 fully saturated rings. The van der Waals surface area contributed by atoms with Gasteiger partial charge < -0.3 is 9.26 Å². The summed E-state index contributed by atoms with van der Waals surface area (Å²) < 4.78 is 11.1. The molecular formula is C16H13BrClNO2. The zero-order valence-corrected chi connectivity index (χ0v) is 13.5. The predicted octanol–water partition coefficient (Wildman–Crippen LogP) is 5.00. The third-order valence-corrected chi connectivity index (χ3v) is 3.97. The molecule has 1 heterocycles. The molecule has 0 spiro atoms. The fourth-order valence-electron chi connectivity index (χ4n) is 2.11. The molecule has 0 N–H and O–H groups in total. The molecule has 3 nitrogen and oxygen atoms in total. The van der Waals surface area contributed by atoms with Crippen molar-refractivity contribution in [3.8, 4) is 5.75 Å². The van der Waals surface area contributed by atoms with Crippen molar-refractivity contribution in [1.29, 1.82) is 0 Å². The van der Waals surface area contributed by atoms with E-state index in [-0.39, 0.29) is 0 Å². The van der Waals surface area contributed by atoms with Gasteiger partial charge in [-0.25, -0.2) is 0 Å². The first-order valence-electron chi connectivity index (χ1n) is 6.58. The minimum absolute atomic E-state index is 0.424. The smallest absolute Gasteiger partial charge is 0.170 e. The molecule has 0 amide bonds. The van der Waals surface area contributed by atoms with Crippen molar-refractivity contribution >= 4 is 38.5 Å². The molecule has 2 aromatic carbocycles. The van der Waals surface area contributed by atoms with Gasteiger partial charge >= 0.3 is 0 Å². The van der Waals surface area contributed by atoms with E-state index >= 15 is 0 Å². The van der Waals surface area contributed by atoms with E-state index in [0.717, 1.165) is 39.7 Å². The van der Waals surface area contributed by atoms with Crippen LogP contribution in [0.4, 0.5) is 0 Å². The Bertz CT molecular complexity index is 757. The average Bonchev–Trinajstić information content (AvgIpc) is 2.89. The monoisotopic (exact) mass is 365 g/mol. The van der Waals surface area contributed by atoms with Crippen LogP contribution in [0, 0.1) is 0 Å². The maximum absolute atomic E-state index is 6.11. The predicted molar refractivity (Wildman–Crippen MR) is 87.3 cm³/mol. The number of fused-ring (bicyclic) bond motifs is 1. The van der Waals surface area contributed by atoms with Gasteiger partial charge in [0.1, 0.15) is 12.4 Å². The van der Waals surface area contributed by atoms with E-state index in [1.165, 1.54) is 0 Å². The fourth-order valence-corrected chi connectivity index (χ4v) is 2.67. The lowest BCUT2D eigenvalue weighted by atomic mass is 10.2. The number of aryl methyl sites for hydroxylation is 1. The number of nitrogens with zero attached hydrogens (tertiary/aromatic N) is 1. The summed E-state index contributed by atoms with van der Waals surface area (Å²) in [5, 5.41) is 6.67. The minimum Gasteiger partial charge on any atom is -0.489 e. The largest absolute Gasteiger partial charge is 0.489 e. The van der Waals surface area contributed by atoms with Crippen LogP contribution in [0.1, 0.15) is 11.3 Å². The summed E-state index contributed by atoms with van der Waals surface area (Å²) in [5.41, 5.74) is 2.65. The van der Waals surface area contributed by atoms with E-state index in [0.29, 0.717) is 11.6 Å². The van der Waals surface area contributed by atoms with Crippen molar-refractivity contribution in [2.45, 2.75) is 13.0 Å². The van der Waals surface area contributed by atoms with Crippen LogP contribution in [0.5, 0.6) is 5.75 Å². The third kappa shape index (κ3) is 3.22. The topological polar surface area (TPSA) is 35.3 Å². The van der Waals surface area contributed by atoms with E-state index in [1.807, 2.05) is 42.5 Å². The van der Waals surface area contributed by atoms with Crippen molar-refractivity contribution in [2.24, 2.45) is 0 Å². The molecular weight excluding hydrogens is 354 g/mol. The molecule has 0 aliphatic heterocycles. The summed E-state index contributed by atoms with van der Waals surface area (Å²) in [4.78, 5) is 0. The van der Waals surface area contributed by atoms with Gasteiger partial charge in [-0.15, -0.1) is 0 Å². The second-order valence-corrected chi connectivity index (χ2v) is 5.81. The molecule has 1 aromatic heterocycles. The van der Waals surface area contributed by atoms with E-state index in [9.17, 15) is 0 Å². The van der Waals surface area contributed by atoms with Crippen LogP contribution in [-0.4, -0.2) is 10.5 Å². The zero-order valence-electron chi connectivity index (χ0n) is 11.2. The van der Waals surface area contributed by atoms with Crippen LogP contribution in [-0.2, 0) is 13.0 Å². The molecule has 0 unspecified atom stereocenters. The normalized spacial score (nSPS) is 11.0. The lowest BCUT2D eigenvalue weighted by molar-refractivity contribution is 0.306. The van der Waals surface area contributed by atoms with Crippen molar-refractivity contribution in [3.63, 3.8) is 0 Å². The number of hydrogen-bond donors (Lipinski definition) is 0. The van der Waals surface area contributed by atoms with E-state index in [2.05, 4.69) is 21.1 Å². The summed E-state index contributed by atoms with van der Waals surface area (Å²) in [6.45, 7) is 0.424. The van der Waals surface area contributed by atoms with Crippen LogP contribution >= 0.6 is 27.5 Å². The van der Waals surface area contributed by atoms with Crippen molar-refractivity contribution < 1.29 is 9.26 Å². The van der Waals surface area contributed by atoms with E-state index < -0.39 is 0 Å². The van der Waals surface area contributed by atoms with Crippen LogP contribution in [0.15, 0.2) is 47.0 Å². The Labute approximate surface area is 136 Å². The van der Waals surface area contributed by atoms with Crippen molar-refractivity contribution in [3.05, 3.63) is 58.7 Å². The Morgan fingerprint density at radius 1 is 1.19 bits per heavy atom. The Hall–Kier alpha value is -1.52. The number of aromatic nitrogens is 1. The van der Waals surface area contributed by atoms with E-state index in [4.69, 9.17) is 20.9 Å². The molecule has 0 saturated heterocycles. The molecule has 3 rings (SSSR count). The van der Waals surface area contributed by atoms with Gasteiger partial charge in [0.2, 0.25) is 0 Å². The lowest BCUT2D eigenvalue weighted by Crippen LogP contribution is -1.95. The summed E-state index contributed by atoms with van der Waals surface area (Å²) in [5.74, 6) is 0.740. The molecule has 5 heteroatoms. The van der Waals surface area contributed by atoms with Crippen molar-refractivity contribution in [2.75, 3.05) is 5.33 Å². The van der Waals surface area contributed by atoms with Gasteiger partial charge in [0.15, 0.2) is 5.58 Å². The van der Waals surface area contributed by atoms with Gasteiger partial charge in [0.25, 0.3) is 0 Å². The number of alkyl halides is 1. The summed E-state index contributed by atoms with van der Waals surface area (Å²) in [6, 6.07) is 13.4. The molecule has 0 bridgehead atoms. The second-order valence-electron chi connectivity index (χ2n) is 4.61. The highest BCUT2D eigenvalue weighted by molar-refractivity contribution is 9.09. The number of ether oxygens (including phenoxy) is 1. The first-order chi connectivity index (χ1) is 10.3. The van der Waals surface area contributed by atoms with E-state index in [1.54, 1.807) is 0 Å². The van der Waals surface area contributed by atoms with Crippen LogP contribution < -0.4 is 4.74 Å². The molecule has 0 saturated carbocycles. The van der Waals surface area contributed by atoms with Gasteiger partial charge in [0.05, 0.1) is 5.69 Å². The molecule has 108 valence electrons. The van der Waals surface area contributed by atoms with Gasteiger partial charge in [-0.2, -0.15) is 0 Å². The number of halogens is 2. The summed E-state index contributed by atoms with van der Waals surface area (Å²) >= 11 is 9.52. The number of hydrogen-bond acceptors (Lipinski definition) is 3. The highest BCUT2D eigenvalue weighted by Gasteiger charge is 2.09. The van der Waals surface area contributed by atoms with Crippen LogP contribution in [0.2, 0.25) is 5.02 Å². The van der Waals surface area contributed by atoms with Crippen LogP contribution in [0.25, 0.3) is 11.0 Å². The second kappa shape index (κ2) is 6.50. The molecule has 0 radical (unpaired) electrons. The zero-order chi connectivity index (χ0) is 14.7. The van der Waals surface area contributed by atoms with Gasteiger partial charge in [-0.05, 0) is 18.2 Å². The quantitative estimate of drug-likeness (QED) is 0.596. The SMILES string of the molecule is Clc1ccccc1COc1ccc2c(CCBr)noc2c1. The van der Waals surface area contributed by atoms with Gasteiger partial charge in [-0.3, -0.25) is 0 Å². The Kier molecular flexibility index (Phi) is 4.46. The minimum atomic E-state index is 0.424. The average molecular weight is 367 g/mol. The van der Waals surface area contributed by atoms with Crippen molar-refractivity contribution in [1.82, 2.24) is 5.16 Å². The van der Waals surface area contributed by atoms with Gasteiger partial charge in [0, 0.05) is 33.8 Å². The first kappa shape index (κ1) is 14.4. The number of rotatable bonds is 5. The fraction of sp³-hybridized carbons (Fsp3) is 0.188. The molecule has 0 atom stereocenters. The third-order valence-electron chi connectivity index (χ3n) is 3.20. The molecule has 21 heavy (non-hydrogen) atoms. The lowest BCUT2D eigenvalue weighted by Gasteiger charge is -2.07. The Morgan fingerprint density at radius 2 is 2.05 bits per heavy atom. The number of benzene rings is 2. The maximum Gasteiger partial charge on any atom is 0.170 e. The first-order valence-corrected chi connectivity index (χ1v) is 8.08. The highest BCUT2D eigenvalue weighted by Crippen LogP contribution is 2.25. The van der Waals surface area contributed by atoms with Crippen LogP contribution in [0.3, 0.4) is 0 Å². The summed E-state index contributed by atoms with van der Waals surface area (Å²) in [7, 11) is 0. The standard InChI is InChI=1S/C16H13BrClNO2/c17-8-7-15-13-6-5-12(9-16(13)21-19-15)20-10-11-3-1-2-4-14(11)18/h1-6,9H,7-8,10H2. The Morgan fingerprint density at radius 3 is 2.86 bits per heavy atom. The molecule has 0 aliphatic carbocycles. The van der Waals surface area contributed by atoms with Gasteiger partial charge in [-0.1, -0.05) is 50.9 Å². The molecule has 3 aromatic rings. The Balaban J connectivity index is 1.77. The summed E-state index contributed by atoms with van der Waals surface area (Å²) in [6.07, 6.45) is 0.840. The highest BCUT2D eigenvalue weighted by atomic mass is 79.9. The maximum atomic E-state index is 6.11. The molecule has 0 aliphatic rings.